The van der Waals surface area contributed by atoms with Gasteiger partial charge in [0.05, 0.1) is 17.6 Å². The predicted molar refractivity (Wildman–Crippen MR) is 149 cm³/mol. The van der Waals surface area contributed by atoms with E-state index in [1.165, 1.54) is 6.08 Å². The molecule has 9 heteroatoms. The fourth-order valence-electron chi connectivity index (χ4n) is 8.42. The molecule has 0 aromatic heterocycles. The van der Waals surface area contributed by atoms with Crippen molar-refractivity contribution in [3.8, 4) is 0 Å². The average molecular weight is 579 g/mol. The molecule has 1 N–H and O–H groups in total. The van der Waals surface area contributed by atoms with Crippen LogP contribution in [0.15, 0.2) is 23.8 Å². The molecule has 8 atom stereocenters. The molecule has 8 nitrogen and oxygen atoms in total. The van der Waals surface area contributed by atoms with Crippen LogP contribution in [0.25, 0.3) is 0 Å². The molecule has 0 aromatic rings. The van der Waals surface area contributed by atoms with E-state index in [1.807, 2.05) is 33.8 Å². The third kappa shape index (κ3) is 4.54. The van der Waals surface area contributed by atoms with E-state index in [4.69, 9.17) is 25.8 Å². The van der Waals surface area contributed by atoms with Gasteiger partial charge in [-0.1, -0.05) is 59.1 Å². The lowest BCUT2D eigenvalue weighted by Crippen LogP contribution is -2.69. The van der Waals surface area contributed by atoms with Gasteiger partial charge in [-0.05, 0) is 56.1 Å². The predicted octanol–water partition coefficient (Wildman–Crippen LogP) is 5.48. The quantitative estimate of drug-likeness (QED) is 0.217. The number of Topliss-reactive ketones (excluding diaryl/α,β-unsaturated/α-hetero) is 1. The van der Waals surface area contributed by atoms with Crippen LogP contribution in [0.2, 0.25) is 0 Å². The maximum Gasteiger partial charge on any atom is 0.509 e. The van der Waals surface area contributed by atoms with Gasteiger partial charge < -0.3 is 19.3 Å². The van der Waals surface area contributed by atoms with Gasteiger partial charge in [0.25, 0.3) is 0 Å². The minimum absolute atomic E-state index is 0.0865. The van der Waals surface area contributed by atoms with Crippen LogP contribution in [-0.2, 0) is 28.6 Å². The molecule has 222 valence electrons. The topological polar surface area (TPSA) is 116 Å². The van der Waals surface area contributed by atoms with Crippen molar-refractivity contribution in [1.82, 2.24) is 0 Å². The number of halogens is 1. The molecule has 4 rings (SSSR count). The van der Waals surface area contributed by atoms with Crippen molar-refractivity contribution in [2.75, 3.05) is 13.2 Å². The molecule has 0 aromatic carbocycles. The van der Waals surface area contributed by atoms with Gasteiger partial charge in [-0.15, -0.1) is 11.6 Å². The summed E-state index contributed by atoms with van der Waals surface area (Å²) >= 11 is 7.52. The Morgan fingerprint density at radius 1 is 1.12 bits per heavy atom. The fraction of sp³-hybridized carbons (Fsp3) is 0.742. The zero-order chi connectivity index (χ0) is 29.5. The van der Waals surface area contributed by atoms with Crippen LogP contribution in [-0.4, -0.2) is 58.6 Å². The highest BCUT2D eigenvalue weighted by Gasteiger charge is 2.76. The number of hydrogen-bond donors (Lipinski definition) is 1. The summed E-state index contributed by atoms with van der Waals surface area (Å²) in [5.74, 6) is -2.00. The van der Waals surface area contributed by atoms with E-state index in [-0.39, 0.29) is 37.1 Å². The van der Waals surface area contributed by atoms with Crippen molar-refractivity contribution in [3.63, 3.8) is 0 Å². The van der Waals surface area contributed by atoms with Crippen molar-refractivity contribution < 1.29 is 38.5 Å². The molecule has 0 bridgehead atoms. The molecule has 1 unspecified atom stereocenters. The van der Waals surface area contributed by atoms with E-state index < -0.39 is 57.8 Å². The number of allylic oxidation sites excluding steroid dienone is 4. The zero-order valence-electron chi connectivity index (χ0n) is 24.3. The molecular formula is C31H43ClO8. The summed E-state index contributed by atoms with van der Waals surface area (Å²) in [6, 6.07) is 0. The van der Waals surface area contributed by atoms with Gasteiger partial charge in [-0.3, -0.25) is 14.4 Å². The number of fused-ring (bicyclic) bond motifs is 5. The average Bonchev–Trinajstić information content (AvgIpc) is 3.12. The standard InChI is InChI=1S/C31H43ClO8/c1-6-8-9-14-38-27(37)40-31(25(35)18-39-26(36)7-2)19(3)15-23-22-11-10-20-16-21(33)12-13-28(20,4)30(22,32)24(34)17-29(23,31)5/h12-13,16,19,22-24,34H,6-11,14-15,17-18H2,1-5H3/t19-,22+,23+,24?,28+,29+,30+,31+/m1/s1. The highest BCUT2D eigenvalue weighted by molar-refractivity contribution is 6.26. The first kappa shape index (κ1) is 30.8. The Balaban J connectivity index is 1.74. The van der Waals surface area contributed by atoms with E-state index in [2.05, 4.69) is 0 Å². The first-order valence-corrected chi connectivity index (χ1v) is 15.1. The van der Waals surface area contributed by atoms with Crippen LogP contribution >= 0.6 is 11.6 Å². The lowest BCUT2D eigenvalue weighted by molar-refractivity contribution is -0.187. The second-order valence-corrected chi connectivity index (χ2v) is 13.1. The molecule has 40 heavy (non-hydrogen) atoms. The summed E-state index contributed by atoms with van der Waals surface area (Å²) < 4.78 is 16.7. The number of unbranched alkanes of at least 4 members (excludes halogenated alkanes) is 2. The molecule has 0 aliphatic heterocycles. The molecule has 3 saturated carbocycles. The Bertz CT molecular complexity index is 1110. The summed E-state index contributed by atoms with van der Waals surface area (Å²) in [6.07, 6.45) is 7.45. The van der Waals surface area contributed by atoms with Gasteiger partial charge in [-0.2, -0.15) is 0 Å². The smallest absolute Gasteiger partial charge is 0.457 e. The molecule has 0 heterocycles. The summed E-state index contributed by atoms with van der Waals surface area (Å²) in [5, 5.41) is 11.9. The number of rotatable bonds is 9. The Labute approximate surface area is 241 Å². The monoisotopic (exact) mass is 578 g/mol. The van der Waals surface area contributed by atoms with Crippen molar-refractivity contribution in [3.05, 3.63) is 23.8 Å². The van der Waals surface area contributed by atoms with E-state index in [1.54, 1.807) is 13.0 Å². The number of esters is 1. The molecular weight excluding hydrogens is 536 g/mol. The van der Waals surface area contributed by atoms with Crippen molar-refractivity contribution in [2.24, 2.45) is 28.6 Å². The van der Waals surface area contributed by atoms with Gasteiger partial charge in [-0.25, -0.2) is 4.79 Å². The Morgan fingerprint density at radius 2 is 1.85 bits per heavy atom. The van der Waals surface area contributed by atoms with Crippen molar-refractivity contribution in [2.45, 2.75) is 103 Å². The first-order chi connectivity index (χ1) is 18.8. The van der Waals surface area contributed by atoms with Crippen molar-refractivity contribution in [1.29, 1.82) is 0 Å². The van der Waals surface area contributed by atoms with E-state index >= 15 is 0 Å². The fourth-order valence-corrected chi connectivity index (χ4v) is 8.95. The number of ketones is 2. The van der Waals surface area contributed by atoms with Crippen LogP contribution < -0.4 is 0 Å². The van der Waals surface area contributed by atoms with Gasteiger partial charge in [0.2, 0.25) is 5.78 Å². The van der Waals surface area contributed by atoms with Crippen LogP contribution in [0, 0.1) is 28.6 Å². The number of aliphatic hydroxyl groups is 1. The molecule has 0 radical (unpaired) electrons. The third-order valence-corrected chi connectivity index (χ3v) is 11.4. The third-order valence-electron chi connectivity index (χ3n) is 10.5. The van der Waals surface area contributed by atoms with Crippen LogP contribution in [0.3, 0.4) is 0 Å². The minimum Gasteiger partial charge on any atom is -0.457 e. The van der Waals surface area contributed by atoms with E-state index in [0.29, 0.717) is 25.7 Å². The summed E-state index contributed by atoms with van der Waals surface area (Å²) in [6.45, 7) is 9.04. The summed E-state index contributed by atoms with van der Waals surface area (Å²) in [4.78, 5) is 50.2. The number of hydrogen-bond acceptors (Lipinski definition) is 8. The number of alkyl halides is 1. The van der Waals surface area contributed by atoms with Crippen molar-refractivity contribution >= 4 is 35.3 Å². The molecule has 0 saturated heterocycles. The molecule has 4 aliphatic rings. The molecule has 0 spiro atoms. The SMILES string of the molecule is CCCCCOC(=O)O[C@]1(C(=O)COC(=O)CC)[C@H](C)C[C@H]2[C@@H]3CCC4=CC(=O)C=C[C@]4(C)[C@@]3(Cl)C(O)C[C@@]21C. The molecule has 3 fully saturated rings. The normalized spacial score (nSPS) is 39.9. The lowest BCUT2D eigenvalue weighted by Gasteiger charge is -2.64. The molecule has 0 amide bonds. The zero-order valence-corrected chi connectivity index (χ0v) is 25.1. The highest BCUT2D eigenvalue weighted by atomic mass is 35.5. The number of carbonyl (C=O) groups is 4. The largest absolute Gasteiger partial charge is 0.509 e. The maximum atomic E-state index is 14.1. The summed E-state index contributed by atoms with van der Waals surface area (Å²) in [7, 11) is 0. The lowest BCUT2D eigenvalue weighted by atomic mass is 9.45. The minimum atomic E-state index is -1.68. The Kier molecular flexibility index (Phi) is 8.64. The second-order valence-electron chi connectivity index (χ2n) is 12.5. The van der Waals surface area contributed by atoms with Crippen LogP contribution in [0.5, 0.6) is 0 Å². The maximum absolute atomic E-state index is 14.1. The van der Waals surface area contributed by atoms with Crippen LogP contribution in [0.1, 0.15) is 86.0 Å². The highest BCUT2D eigenvalue weighted by Crippen LogP contribution is 2.72. The Hall–Kier alpha value is -2.19. The number of aliphatic hydroxyl groups excluding tert-OH is 1. The van der Waals surface area contributed by atoms with Gasteiger partial charge in [0.15, 0.2) is 18.0 Å². The molecule has 4 aliphatic carbocycles. The number of carbonyl (C=O) groups excluding carboxylic acids is 4. The van der Waals surface area contributed by atoms with Gasteiger partial charge >= 0.3 is 12.1 Å². The number of ether oxygens (including phenoxy) is 3. The van der Waals surface area contributed by atoms with Crippen LogP contribution in [0.4, 0.5) is 4.79 Å². The van der Waals surface area contributed by atoms with E-state index in [9.17, 15) is 24.3 Å². The second kappa shape index (κ2) is 11.2. The Morgan fingerprint density at radius 3 is 2.52 bits per heavy atom. The van der Waals surface area contributed by atoms with E-state index in [0.717, 1.165) is 18.4 Å². The first-order valence-electron chi connectivity index (χ1n) is 14.7. The van der Waals surface area contributed by atoms with Gasteiger partial charge in [0.1, 0.15) is 0 Å². The summed E-state index contributed by atoms with van der Waals surface area (Å²) in [5.41, 5.74) is -2.53. The van der Waals surface area contributed by atoms with Gasteiger partial charge in [0, 0.05) is 23.2 Å².